The van der Waals surface area contributed by atoms with Gasteiger partial charge in [-0.2, -0.15) is 13.2 Å². The SMILES string of the molecule is O=C(c1ccc(C(F)(F)F)cn1)N1CC[C@](O)(c2ccccc2)[C@H]2CCCC[C@H]21. The second kappa shape index (κ2) is 7.44. The summed E-state index contributed by atoms with van der Waals surface area (Å²) in [4.78, 5) is 18.5. The zero-order chi connectivity index (χ0) is 20.6. The Hall–Kier alpha value is -2.41. The number of carbonyl (C=O) groups excluding carboxylic acids is 1. The summed E-state index contributed by atoms with van der Waals surface area (Å²) in [5.41, 5.74) is -1.01. The van der Waals surface area contributed by atoms with Crippen molar-refractivity contribution < 1.29 is 23.1 Å². The first-order valence-corrected chi connectivity index (χ1v) is 9.93. The Kier molecular flexibility index (Phi) is 5.11. The molecule has 3 atom stereocenters. The average Bonchev–Trinajstić information content (AvgIpc) is 2.74. The van der Waals surface area contributed by atoms with Gasteiger partial charge in [-0.3, -0.25) is 9.78 Å². The summed E-state index contributed by atoms with van der Waals surface area (Å²) in [5.74, 6) is -0.475. The molecule has 4 nitrogen and oxygen atoms in total. The lowest BCUT2D eigenvalue weighted by Crippen LogP contribution is -2.59. The fraction of sp³-hybridized carbons (Fsp3) is 0.455. The van der Waals surface area contributed by atoms with Gasteiger partial charge in [0.1, 0.15) is 5.69 Å². The second-order valence-electron chi connectivity index (χ2n) is 7.93. The van der Waals surface area contributed by atoms with Gasteiger partial charge in [-0.15, -0.1) is 0 Å². The molecule has 29 heavy (non-hydrogen) atoms. The summed E-state index contributed by atoms with van der Waals surface area (Å²) in [5, 5.41) is 11.6. The van der Waals surface area contributed by atoms with Gasteiger partial charge in [0.25, 0.3) is 5.91 Å². The number of hydrogen-bond acceptors (Lipinski definition) is 3. The first-order chi connectivity index (χ1) is 13.8. The van der Waals surface area contributed by atoms with Crippen LogP contribution in [-0.4, -0.2) is 33.5 Å². The van der Waals surface area contributed by atoms with Crippen LogP contribution in [0.5, 0.6) is 0 Å². The molecule has 1 amide bonds. The fourth-order valence-electron chi connectivity index (χ4n) is 4.86. The maximum absolute atomic E-state index is 13.1. The summed E-state index contributed by atoms with van der Waals surface area (Å²) >= 11 is 0. The number of carbonyl (C=O) groups is 1. The number of hydrogen-bond donors (Lipinski definition) is 1. The minimum Gasteiger partial charge on any atom is -0.385 e. The maximum atomic E-state index is 13.1. The van der Waals surface area contributed by atoms with Crippen molar-refractivity contribution in [2.75, 3.05) is 6.54 Å². The summed E-state index contributed by atoms with van der Waals surface area (Å²) in [6.45, 7) is 0.341. The molecule has 4 rings (SSSR count). The van der Waals surface area contributed by atoms with Crippen molar-refractivity contribution in [3.05, 3.63) is 65.5 Å². The Balaban J connectivity index is 1.60. The van der Waals surface area contributed by atoms with Crippen LogP contribution < -0.4 is 0 Å². The van der Waals surface area contributed by atoms with Crippen LogP contribution in [0, 0.1) is 5.92 Å². The van der Waals surface area contributed by atoms with E-state index in [0.29, 0.717) is 19.2 Å². The fourth-order valence-corrected chi connectivity index (χ4v) is 4.86. The van der Waals surface area contributed by atoms with Gasteiger partial charge in [0, 0.05) is 24.7 Å². The number of pyridine rings is 1. The molecule has 1 N–H and O–H groups in total. The molecule has 0 unspecified atom stereocenters. The quantitative estimate of drug-likeness (QED) is 0.808. The summed E-state index contributed by atoms with van der Waals surface area (Å²) in [6, 6.07) is 11.4. The van der Waals surface area contributed by atoms with E-state index in [-0.39, 0.29) is 23.6 Å². The number of rotatable bonds is 2. The highest BCUT2D eigenvalue weighted by atomic mass is 19.4. The highest BCUT2D eigenvalue weighted by Gasteiger charge is 2.50. The first kappa shape index (κ1) is 19.9. The number of aromatic nitrogens is 1. The molecule has 0 bridgehead atoms. The molecule has 1 saturated heterocycles. The van der Waals surface area contributed by atoms with E-state index in [1.807, 2.05) is 30.3 Å². The standard InChI is InChI=1S/C22H23F3N2O2/c23-22(24,25)16-10-11-18(26-14-16)20(28)27-13-12-21(29,15-6-2-1-3-7-15)17-8-4-5-9-19(17)27/h1-3,6-7,10-11,14,17,19,29H,4-5,8-9,12-13H2/t17-,19+,21-/m0/s1. The molecule has 2 heterocycles. The van der Waals surface area contributed by atoms with Crippen LogP contribution in [-0.2, 0) is 11.8 Å². The molecular formula is C22H23F3N2O2. The molecule has 2 fully saturated rings. The van der Waals surface area contributed by atoms with Crippen molar-refractivity contribution in [3.63, 3.8) is 0 Å². The number of aliphatic hydroxyl groups is 1. The molecule has 154 valence electrons. The Morgan fingerprint density at radius 2 is 1.83 bits per heavy atom. The van der Waals surface area contributed by atoms with Crippen LogP contribution in [0.4, 0.5) is 13.2 Å². The van der Waals surface area contributed by atoms with E-state index in [4.69, 9.17) is 0 Å². The third kappa shape index (κ3) is 3.64. The second-order valence-corrected chi connectivity index (χ2v) is 7.93. The van der Waals surface area contributed by atoms with Crippen molar-refractivity contribution in [1.82, 2.24) is 9.88 Å². The molecule has 0 spiro atoms. The summed E-state index contributed by atoms with van der Waals surface area (Å²) < 4.78 is 38.3. The number of alkyl halides is 3. The normalized spacial score (nSPS) is 27.4. The van der Waals surface area contributed by atoms with E-state index < -0.39 is 17.3 Å². The molecule has 1 aromatic carbocycles. The predicted molar refractivity (Wildman–Crippen MR) is 101 cm³/mol. The van der Waals surface area contributed by atoms with Crippen molar-refractivity contribution >= 4 is 5.91 Å². The zero-order valence-electron chi connectivity index (χ0n) is 15.9. The molecule has 2 aliphatic rings. The van der Waals surface area contributed by atoms with Gasteiger partial charge in [0.05, 0.1) is 11.2 Å². The van der Waals surface area contributed by atoms with Crippen molar-refractivity contribution in [3.8, 4) is 0 Å². The van der Waals surface area contributed by atoms with Crippen molar-refractivity contribution in [2.24, 2.45) is 5.92 Å². The number of benzene rings is 1. The van der Waals surface area contributed by atoms with Gasteiger partial charge in [-0.05, 0) is 37.0 Å². The van der Waals surface area contributed by atoms with Gasteiger partial charge < -0.3 is 10.0 Å². The molecule has 1 saturated carbocycles. The lowest BCUT2D eigenvalue weighted by Gasteiger charge is -2.52. The third-order valence-electron chi connectivity index (χ3n) is 6.32. The van der Waals surface area contributed by atoms with E-state index in [1.165, 1.54) is 0 Å². The van der Waals surface area contributed by atoms with Crippen molar-refractivity contribution in [1.29, 1.82) is 0 Å². The average molecular weight is 404 g/mol. The van der Waals surface area contributed by atoms with Crippen LogP contribution in [0.15, 0.2) is 48.7 Å². The van der Waals surface area contributed by atoms with Gasteiger partial charge in [0.15, 0.2) is 0 Å². The molecule has 2 aromatic rings. The molecule has 1 aromatic heterocycles. The van der Waals surface area contributed by atoms with Gasteiger partial charge in [-0.25, -0.2) is 0 Å². The molecular weight excluding hydrogens is 381 g/mol. The smallest absolute Gasteiger partial charge is 0.385 e. The Morgan fingerprint density at radius 1 is 1.10 bits per heavy atom. The monoisotopic (exact) mass is 404 g/mol. The van der Waals surface area contributed by atoms with Gasteiger partial charge in [-0.1, -0.05) is 43.2 Å². The minimum absolute atomic E-state index is 0.00692. The van der Waals surface area contributed by atoms with E-state index in [9.17, 15) is 23.1 Å². The van der Waals surface area contributed by atoms with E-state index in [0.717, 1.165) is 43.4 Å². The van der Waals surface area contributed by atoms with Crippen LogP contribution >= 0.6 is 0 Å². The zero-order valence-corrected chi connectivity index (χ0v) is 15.9. The first-order valence-electron chi connectivity index (χ1n) is 9.93. The maximum Gasteiger partial charge on any atom is 0.417 e. The summed E-state index contributed by atoms with van der Waals surface area (Å²) in [7, 11) is 0. The van der Waals surface area contributed by atoms with Crippen LogP contribution in [0.2, 0.25) is 0 Å². The van der Waals surface area contributed by atoms with Crippen LogP contribution in [0.1, 0.15) is 53.7 Å². The highest BCUT2D eigenvalue weighted by molar-refractivity contribution is 5.92. The Labute approximate surface area is 167 Å². The number of likely N-dealkylation sites (tertiary alicyclic amines) is 1. The number of fused-ring (bicyclic) bond motifs is 1. The van der Waals surface area contributed by atoms with E-state index in [2.05, 4.69) is 4.98 Å². The molecule has 1 aliphatic heterocycles. The molecule has 1 aliphatic carbocycles. The van der Waals surface area contributed by atoms with Crippen LogP contribution in [0.25, 0.3) is 0 Å². The Morgan fingerprint density at radius 3 is 2.48 bits per heavy atom. The number of piperidine rings is 1. The van der Waals surface area contributed by atoms with E-state index >= 15 is 0 Å². The highest BCUT2D eigenvalue weighted by Crippen LogP contribution is 2.47. The number of halogens is 3. The Bertz CT molecular complexity index is 870. The summed E-state index contributed by atoms with van der Waals surface area (Å²) in [6.07, 6.45) is 0.125. The lowest BCUT2D eigenvalue weighted by atomic mass is 9.66. The van der Waals surface area contributed by atoms with Crippen molar-refractivity contribution in [2.45, 2.75) is 49.9 Å². The minimum atomic E-state index is -4.49. The largest absolute Gasteiger partial charge is 0.417 e. The predicted octanol–water partition coefficient (Wildman–Crippen LogP) is 4.39. The topological polar surface area (TPSA) is 53.4 Å². The third-order valence-corrected chi connectivity index (χ3v) is 6.32. The van der Waals surface area contributed by atoms with Gasteiger partial charge in [0.2, 0.25) is 0 Å². The number of amides is 1. The van der Waals surface area contributed by atoms with E-state index in [1.54, 1.807) is 4.90 Å². The lowest BCUT2D eigenvalue weighted by molar-refractivity contribution is -0.137. The molecule has 0 radical (unpaired) electrons. The van der Waals surface area contributed by atoms with Crippen LogP contribution in [0.3, 0.4) is 0 Å². The molecule has 7 heteroatoms. The number of nitrogens with zero attached hydrogens (tertiary/aromatic N) is 2. The van der Waals surface area contributed by atoms with Gasteiger partial charge >= 0.3 is 6.18 Å².